The van der Waals surface area contributed by atoms with Gasteiger partial charge in [-0.15, -0.1) is 0 Å². The second kappa shape index (κ2) is 9.14. The monoisotopic (exact) mass is 261 g/mol. The van der Waals surface area contributed by atoms with Gasteiger partial charge in [0.15, 0.2) is 0 Å². The maximum absolute atomic E-state index is 3.67. The molecule has 0 amide bonds. The van der Waals surface area contributed by atoms with Gasteiger partial charge in [0.05, 0.1) is 0 Å². The van der Waals surface area contributed by atoms with Crippen LogP contribution in [0.5, 0.6) is 0 Å². The summed E-state index contributed by atoms with van der Waals surface area (Å²) in [6.45, 7) is 10.2. The maximum atomic E-state index is 3.67. The van der Waals surface area contributed by atoms with Gasteiger partial charge >= 0.3 is 0 Å². The largest absolute Gasteiger partial charge is 0.314 e. The molecule has 0 aliphatic heterocycles. The molecule has 0 aliphatic carbocycles. The van der Waals surface area contributed by atoms with Crippen molar-refractivity contribution in [2.45, 2.75) is 65.8 Å². The molecular formula is C18H31N. The second-order valence-corrected chi connectivity index (χ2v) is 5.91. The highest BCUT2D eigenvalue weighted by atomic mass is 14.9. The van der Waals surface area contributed by atoms with Crippen molar-refractivity contribution in [3.8, 4) is 0 Å². The van der Waals surface area contributed by atoms with Gasteiger partial charge in [-0.3, -0.25) is 0 Å². The third-order valence-electron chi connectivity index (χ3n) is 3.77. The molecule has 0 heterocycles. The van der Waals surface area contributed by atoms with Gasteiger partial charge in [0.1, 0.15) is 0 Å². The first-order valence-corrected chi connectivity index (χ1v) is 7.98. The normalized spacial score (nSPS) is 12.9. The van der Waals surface area contributed by atoms with Crippen molar-refractivity contribution in [2.24, 2.45) is 5.92 Å². The minimum Gasteiger partial charge on any atom is -0.314 e. The van der Waals surface area contributed by atoms with Crippen molar-refractivity contribution >= 4 is 0 Å². The molecule has 1 heteroatoms. The second-order valence-electron chi connectivity index (χ2n) is 5.91. The molecule has 19 heavy (non-hydrogen) atoms. The molecule has 0 aliphatic rings. The van der Waals surface area contributed by atoms with E-state index in [1.807, 2.05) is 0 Å². The number of aryl methyl sites for hydroxylation is 2. The van der Waals surface area contributed by atoms with Crippen LogP contribution in [0.3, 0.4) is 0 Å². The molecule has 0 fully saturated rings. The molecule has 0 spiro atoms. The van der Waals surface area contributed by atoms with Crippen LogP contribution in [0.1, 0.15) is 58.1 Å². The number of rotatable bonds is 9. The number of hydrogen-bond acceptors (Lipinski definition) is 1. The summed E-state index contributed by atoms with van der Waals surface area (Å²) in [4.78, 5) is 0. The van der Waals surface area contributed by atoms with E-state index in [-0.39, 0.29) is 0 Å². The summed E-state index contributed by atoms with van der Waals surface area (Å²) >= 11 is 0. The van der Waals surface area contributed by atoms with Crippen LogP contribution >= 0.6 is 0 Å². The van der Waals surface area contributed by atoms with Crippen molar-refractivity contribution in [1.82, 2.24) is 5.32 Å². The predicted molar refractivity (Wildman–Crippen MR) is 85.7 cm³/mol. The van der Waals surface area contributed by atoms with Crippen molar-refractivity contribution in [1.29, 1.82) is 0 Å². The molecule has 1 atom stereocenters. The van der Waals surface area contributed by atoms with Crippen LogP contribution in [0.15, 0.2) is 24.3 Å². The molecule has 0 saturated heterocycles. The van der Waals surface area contributed by atoms with Crippen LogP contribution in [0.25, 0.3) is 0 Å². The van der Waals surface area contributed by atoms with Gasteiger partial charge in [-0.05, 0) is 49.3 Å². The highest BCUT2D eigenvalue weighted by molar-refractivity contribution is 5.22. The average Bonchev–Trinajstić information content (AvgIpc) is 2.40. The standard InChI is InChI=1S/C18H31N/c1-5-7-16-8-10-17(11-9-16)12-13-18(15(3)4)19-14-6-2/h8-11,15,18-19H,5-7,12-14H2,1-4H3. The first-order chi connectivity index (χ1) is 9.17. The molecule has 108 valence electrons. The molecule has 1 nitrogen and oxygen atoms in total. The Bertz CT molecular complexity index is 326. The highest BCUT2D eigenvalue weighted by Gasteiger charge is 2.11. The zero-order valence-corrected chi connectivity index (χ0v) is 13.2. The van der Waals surface area contributed by atoms with E-state index >= 15 is 0 Å². The number of benzene rings is 1. The Morgan fingerprint density at radius 1 is 0.895 bits per heavy atom. The van der Waals surface area contributed by atoms with E-state index in [0.29, 0.717) is 12.0 Å². The summed E-state index contributed by atoms with van der Waals surface area (Å²) in [5, 5.41) is 3.67. The molecule has 0 aromatic heterocycles. The molecule has 1 aromatic rings. The Morgan fingerprint density at radius 3 is 1.95 bits per heavy atom. The quantitative estimate of drug-likeness (QED) is 0.685. The third-order valence-corrected chi connectivity index (χ3v) is 3.77. The summed E-state index contributed by atoms with van der Waals surface area (Å²) in [5.41, 5.74) is 2.94. The maximum Gasteiger partial charge on any atom is 0.00932 e. The smallest absolute Gasteiger partial charge is 0.00932 e. The fourth-order valence-corrected chi connectivity index (χ4v) is 2.48. The lowest BCUT2D eigenvalue weighted by Crippen LogP contribution is -2.34. The zero-order chi connectivity index (χ0) is 14.1. The fraction of sp³-hybridized carbons (Fsp3) is 0.667. The lowest BCUT2D eigenvalue weighted by atomic mass is 9.96. The summed E-state index contributed by atoms with van der Waals surface area (Å²) in [6, 6.07) is 9.85. The van der Waals surface area contributed by atoms with E-state index in [1.54, 1.807) is 0 Å². The van der Waals surface area contributed by atoms with Gasteiger partial charge in [0.2, 0.25) is 0 Å². The Labute approximate surface area is 119 Å². The fourth-order valence-electron chi connectivity index (χ4n) is 2.48. The topological polar surface area (TPSA) is 12.0 Å². The van der Waals surface area contributed by atoms with E-state index in [0.717, 1.165) is 6.54 Å². The molecule has 1 N–H and O–H groups in total. The van der Waals surface area contributed by atoms with Crippen LogP contribution in [0.4, 0.5) is 0 Å². The number of nitrogens with one attached hydrogen (secondary N) is 1. The summed E-state index contributed by atoms with van der Waals surface area (Å²) in [7, 11) is 0. The van der Waals surface area contributed by atoms with Crippen molar-refractivity contribution in [3.05, 3.63) is 35.4 Å². The van der Waals surface area contributed by atoms with Crippen LogP contribution in [-0.4, -0.2) is 12.6 Å². The summed E-state index contributed by atoms with van der Waals surface area (Å²) < 4.78 is 0. The van der Waals surface area contributed by atoms with Crippen LogP contribution < -0.4 is 5.32 Å². The van der Waals surface area contributed by atoms with Crippen molar-refractivity contribution in [3.63, 3.8) is 0 Å². The van der Waals surface area contributed by atoms with Gasteiger partial charge in [-0.1, -0.05) is 58.4 Å². The van der Waals surface area contributed by atoms with E-state index in [2.05, 4.69) is 57.3 Å². The molecule has 1 rings (SSSR count). The summed E-state index contributed by atoms with van der Waals surface area (Å²) in [5.74, 6) is 0.714. The first kappa shape index (κ1) is 16.2. The minimum absolute atomic E-state index is 0.648. The lowest BCUT2D eigenvalue weighted by Gasteiger charge is -2.22. The summed E-state index contributed by atoms with van der Waals surface area (Å²) in [6.07, 6.45) is 6.08. The van der Waals surface area contributed by atoms with Crippen LogP contribution in [-0.2, 0) is 12.8 Å². The molecule has 1 aromatic carbocycles. The average molecular weight is 261 g/mol. The Kier molecular flexibility index (Phi) is 7.81. The first-order valence-electron chi connectivity index (χ1n) is 7.98. The molecule has 0 radical (unpaired) electrons. The van der Waals surface area contributed by atoms with Crippen molar-refractivity contribution in [2.75, 3.05) is 6.54 Å². The Hall–Kier alpha value is -0.820. The van der Waals surface area contributed by atoms with Crippen LogP contribution in [0.2, 0.25) is 0 Å². The van der Waals surface area contributed by atoms with E-state index in [4.69, 9.17) is 0 Å². The molecular weight excluding hydrogens is 230 g/mol. The van der Waals surface area contributed by atoms with Gasteiger partial charge in [-0.2, -0.15) is 0 Å². The molecule has 1 unspecified atom stereocenters. The zero-order valence-electron chi connectivity index (χ0n) is 13.2. The van der Waals surface area contributed by atoms with Gasteiger partial charge in [0, 0.05) is 6.04 Å². The Morgan fingerprint density at radius 2 is 1.47 bits per heavy atom. The molecule has 0 saturated carbocycles. The highest BCUT2D eigenvalue weighted by Crippen LogP contribution is 2.13. The third kappa shape index (κ3) is 6.24. The molecule has 0 bridgehead atoms. The predicted octanol–water partition coefficient (Wildman–Crippen LogP) is 4.60. The van der Waals surface area contributed by atoms with E-state index in [1.165, 1.54) is 43.2 Å². The van der Waals surface area contributed by atoms with Gasteiger partial charge in [-0.25, -0.2) is 0 Å². The number of hydrogen-bond donors (Lipinski definition) is 1. The van der Waals surface area contributed by atoms with E-state index in [9.17, 15) is 0 Å². The lowest BCUT2D eigenvalue weighted by molar-refractivity contribution is 0.378. The Balaban J connectivity index is 2.44. The van der Waals surface area contributed by atoms with Gasteiger partial charge < -0.3 is 5.32 Å². The van der Waals surface area contributed by atoms with Crippen molar-refractivity contribution < 1.29 is 0 Å². The van der Waals surface area contributed by atoms with Crippen LogP contribution in [0, 0.1) is 5.92 Å². The SMILES string of the molecule is CCCNC(CCc1ccc(CCC)cc1)C(C)C. The van der Waals surface area contributed by atoms with E-state index < -0.39 is 0 Å². The van der Waals surface area contributed by atoms with Gasteiger partial charge in [0.25, 0.3) is 0 Å². The minimum atomic E-state index is 0.648.